The number of nitrogens with zero attached hydrogens (tertiary/aromatic N) is 2. The number of fused-ring (bicyclic) bond motifs is 1. The third-order valence-corrected chi connectivity index (χ3v) is 5.97. The maximum absolute atomic E-state index is 13.5. The van der Waals surface area contributed by atoms with Gasteiger partial charge < -0.3 is 5.11 Å². The van der Waals surface area contributed by atoms with Crippen molar-refractivity contribution < 1.29 is 24.3 Å². The second-order valence-electron chi connectivity index (χ2n) is 7.54. The second kappa shape index (κ2) is 7.78. The van der Waals surface area contributed by atoms with Gasteiger partial charge in [-0.05, 0) is 48.0 Å². The Labute approximate surface area is 188 Å². The minimum atomic E-state index is -1.12. The number of carbonyl (C=O) groups excluding carboxylic acids is 2. The van der Waals surface area contributed by atoms with Gasteiger partial charge in [0.1, 0.15) is 5.92 Å². The van der Waals surface area contributed by atoms with Gasteiger partial charge in [-0.25, -0.2) is 14.8 Å². The lowest BCUT2D eigenvalue weighted by Crippen LogP contribution is -2.37. The predicted molar refractivity (Wildman–Crippen MR) is 117 cm³/mol. The van der Waals surface area contributed by atoms with E-state index in [1.165, 1.54) is 11.1 Å². The van der Waals surface area contributed by atoms with Crippen molar-refractivity contribution in [1.82, 2.24) is 0 Å². The molecule has 2 amide bonds. The van der Waals surface area contributed by atoms with Crippen molar-refractivity contribution in [3.05, 3.63) is 95.0 Å². The quantitative estimate of drug-likeness (QED) is 0.605. The standard InChI is InChI=1S/C24H17ClN2O5/c25-14-10-12-15(13-11-14)26-22(28)19-20(17-8-4-5-9-18(17)24(30)31)27(32-21(19)23(26)29)16-6-2-1-3-7-16/h1-13,19-21H,(H,30,31)/t19-,20+,21+/m1/s1. The van der Waals surface area contributed by atoms with Crippen LogP contribution in [-0.4, -0.2) is 29.0 Å². The van der Waals surface area contributed by atoms with Crippen LogP contribution in [0.25, 0.3) is 0 Å². The molecule has 0 aliphatic carbocycles. The molecule has 0 radical (unpaired) electrons. The van der Waals surface area contributed by atoms with Crippen LogP contribution in [0.15, 0.2) is 78.9 Å². The van der Waals surface area contributed by atoms with Gasteiger partial charge in [0.2, 0.25) is 5.91 Å². The number of para-hydroxylation sites is 1. The molecule has 0 saturated carbocycles. The number of carboxylic acids is 1. The lowest BCUT2D eigenvalue weighted by Gasteiger charge is -2.29. The van der Waals surface area contributed by atoms with Crippen LogP contribution >= 0.6 is 11.6 Å². The monoisotopic (exact) mass is 448 g/mol. The normalized spacial score (nSPS) is 22.3. The third-order valence-electron chi connectivity index (χ3n) is 5.72. The molecule has 2 fully saturated rings. The van der Waals surface area contributed by atoms with Gasteiger partial charge in [0.15, 0.2) is 6.10 Å². The second-order valence-corrected chi connectivity index (χ2v) is 7.98. The molecule has 5 rings (SSSR count). The first kappa shape index (κ1) is 20.2. The Bertz CT molecular complexity index is 1210. The molecule has 32 heavy (non-hydrogen) atoms. The van der Waals surface area contributed by atoms with Gasteiger partial charge >= 0.3 is 5.97 Å². The Balaban J connectivity index is 1.63. The molecule has 0 aromatic heterocycles. The van der Waals surface area contributed by atoms with Crippen LogP contribution in [0.3, 0.4) is 0 Å². The van der Waals surface area contributed by atoms with Crippen molar-refractivity contribution in [2.75, 3.05) is 9.96 Å². The molecule has 3 aromatic carbocycles. The van der Waals surface area contributed by atoms with Crippen LogP contribution in [-0.2, 0) is 14.4 Å². The highest BCUT2D eigenvalue weighted by Gasteiger charge is 2.60. The van der Waals surface area contributed by atoms with E-state index in [0.717, 1.165) is 4.90 Å². The first-order valence-corrected chi connectivity index (χ1v) is 10.3. The number of rotatable bonds is 4. The summed E-state index contributed by atoms with van der Waals surface area (Å²) in [7, 11) is 0. The fraction of sp³-hybridized carbons (Fsp3) is 0.125. The summed E-state index contributed by atoms with van der Waals surface area (Å²) in [6.45, 7) is 0. The number of imide groups is 1. The summed E-state index contributed by atoms with van der Waals surface area (Å²) >= 11 is 5.95. The van der Waals surface area contributed by atoms with Gasteiger partial charge in [-0.1, -0.05) is 48.0 Å². The molecule has 3 aromatic rings. The summed E-state index contributed by atoms with van der Waals surface area (Å²) in [5, 5.41) is 11.7. The molecule has 2 aliphatic heterocycles. The summed E-state index contributed by atoms with van der Waals surface area (Å²) in [5.74, 6) is -2.99. The molecule has 2 saturated heterocycles. The highest BCUT2D eigenvalue weighted by molar-refractivity contribution is 6.31. The van der Waals surface area contributed by atoms with E-state index in [4.69, 9.17) is 16.4 Å². The van der Waals surface area contributed by atoms with E-state index in [2.05, 4.69) is 0 Å². The molecule has 0 unspecified atom stereocenters. The number of hydroxylamine groups is 1. The lowest BCUT2D eigenvalue weighted by molar-refractivity contribution is -0.126. The van der Waals surface area contributed by atoms with Crippen molar-refractivity contribution >= 4 is 40.8 Å². The summed E-state index contributed by atoms with van der Waals surface area (Å²) in [4.78, 5) is 45.9. The van der Waals surface area contributed by atoms with E-state index >= 15 is 0 Å². The number of hydrogen-bond acceptors (Lipinski definition) is 5. The van der Waals surface area contributed by atoms with Crippen molar-refractivity contribution in [3.63, 3.8) is 0 Å². The SMILES string of the molecule is O=C(O)c1ccccc1[C@H]1[C@H]2C(=O)N(c3ccc(Cl)cc3)C(=O)[C@H]2ON1c1ccccc1. The molecular formula is C24H17ClN2O5. The number of hydrogen-bond donors (Lipinski definition) is 1. The average Bonchev–Trinajstić information content (AvgIpc) is 3.31. The van der Waals surface area contributed by atoms with Crippen molar-refractivity contribution in [2.24, 2.45) is 5.92 Å². The van der Waals surface area contributed by atoms with E-state index in [1.807, 2.05) is 6.07 Å². The highest BCUT2D eigenvalue weighted by Crippen LogP contribution is 2.48. The Morgan fingerprint density at radius 3 is 2.19 bits per heavy atom. The van der Waals surface area contributed by atoms with E-state index in [0.29, 0.717) is 22.0 Å². The molecule has 3 atom stereocenters. The van der Waals surface area contributed by atoms with Gasteiger partial charge in [-0.15, -0.1) is 0 Å². The number of carboxylic acid groups (broad SMARTS) is 1. The predicted octanol–water partition coefficient (Wildman–Crippen LogP) is 4.09. The number of carbonyl (C=O) groups is 3. The van der Waals surface area contributed by atoms with Crippen molar-refractivity contribution in [1.29, 1.82) is 0 Å². The zero-order valence-electron chi connectivity index (χ0n) is 16.6. The highest BCUT2D eigenvalue weighted by atomic mass is 35.5. The van der Waals surface area contributed by atoms with Crippen LogP contribution < -0.4 is 9.96 Å². The van der Waals surface area contributed by atoms with Crippen LogP contribution in [0.2, 0.25) is 5.02 Å². The number of benzene rings is 3. The van der Waals surface area contributed by atoms with E-state index in [9.17, 15) is 19.5 Å². The molecule has 0 spiro atoms. The van der Waals surface area contributed by atoms with Gasteiger partial charge in [0.25, 0.3) is 5.91 Å². The van der Waals surface area contributed by atoms with Crippen LogP contribution in [0, 0.1) is 5.92 Å². The Morgan fingerprint density at radius 2 is 1.50 bits per heavy atom. The van der Waals surface area contributed by atoms with Crippen LogP contribution in [0.5, 0.6) is 0 Å². The fourth-order valence-electron chi connectivity index (χ4n) is 4.32. The number of anilines is 2. The molecule has 160 valence electrons. The Morgan fingerprint density at radius 1 is 0.844 bits per heavy atom. The molecule has 7 nitrogen and oxygen atoms in total. The van der Waals surface area contributed by atoms with Gasteiger partial charge in [-0.3, -0.25) is 14.4 Å². The Hall–Kier alpha value is -3.68. The summed E-state index contributed by atoms with van der Waals surface area (Å²) in [5.41, 5.74) is 1.45. The van der Waals surface area contributed by atoms with E-state index in [1.54, 1.807) is 66.7 Å². The summed E-state index contributed by atoms with van der Waals surface area (Å²) in [6, 6.07) is 21.0. The lowest BCUT2D eigenvalue weighted by atomic mass is 9.88. The van der Waals surface area contributed by atoms with E-state index < -0.39 is 35.8 Å². The number of amides is 2. The number of aromatic carboxylic acids is 1. The molecular weight excluding hydrogens is 432 g/mol. The first-order chi connectivity index (χ1) is 15.5. The largest absolute Gasteiger partial charge is 0.478 e. The minimum Gasteiger partial charge on any atom is -0.478 e. The third kappa shape index (κ3) is 3.14. The molecule has 2 heterocycles. The van der Waals surface area contributed by atoms with Crippen molar-refractivity contribution in [3.8, 4) is 0 Å². The zero-order valence-corrected chi connectivity index (χ0v) is 17.3. The summed E-state index contributed by atoms with van der Waals surface area (Å²) in [6.07, 6.45) is -1.08. The smallest absolute Gasteiger partial charge is 0.336 e. The zero-order chi connectivity index (χ0) is 22.4. The molecule has 8 heteroatoms. The maximum atomic E-state index is 13.5. The van der Waals surface area contributed by atoms with Crippen LogP contribution in [0.1, 0.15) is 22.0 Å². The van der Waals surface area contributed by atoms with Gasteiger partial charge in [0.05, 0.1) is 23.0 Å². The fourth-order valence-corrected chi connectivity index (χ4v) is 4.45. The topological polar surface area (TPSA) is 87.2 Å². The maximum Gasteiger partial charge on any atom is 0.336 e. The van der Waals surface area contributed by atoms with Crippen LogP contribution in [0.4, 0.5) is 11.4 Å². The summed E-state index contributed by atoms with van der Waals surface area (Å²) < 4.78 is 0. The molecule has 0 bridgehead atoms. The molecule has 1 N–H and O–H groups in total. The Kier molecular flexibility index (Phi) is 4.92. The number of halogens is 1. The first-order valence-electron chi connectivity index (χ1n) is 9.94. The van der Waals surface area contributed by atoms with Gasteiger partial charge in [0, 0.05) is 5.02 Å². The average molecular weight is 449 g/mol. The molecule has 2 aliphatic rings. The minimum absolute atomic E-state index is 0.0490. The van der Waals surface area contributed by atoms with E-state index in [-0.39, 0.29) is 5.56 Å². The van der Waals surface area contributed by atoms with Crippen molar-refractivity contribution in [2.45, 2.75) is 12.1 Å². The van der Waals surface area contributed by atoms with Gasteiger partial charge in [-0.2, -0.15) is 0 Å².